The summed E-state index contributed by atoms with van der Waals surface area (Å²) in [4.78, 5) is 11.6. The van der Waals surface area contributed by atoms with Crippen molar-refractivity contribution in [1.29, 1.82) is 0 Å². The van der Waals surface area contributed by atoms with Gasteiger partial charge in [-0.3, -0.25) is 4.79 Å². The molecule has 1 rings (SSSR count). The number of carbonyl (C=O) groups is 1. The largest absolute Gasteiger partial charge is 0.394 e. The minimum Gasteiger partial charge on any atom is -0.394 e. The lowest BCUT2D eigenvalue weighted by atomic mass is 10.2. The van der Waals surface area contributed by atoms with Crippen molar-refractivity contribution in [3.63, 3.8) is 0 Å². The summed E-state index contributed by atoms with van der Waals surface area (Å²) in [5.74, 6) is 1.15. The number of aliphatic hydroxyl groups is 1. The first-order valence-electron chi connectivity index (χ1n) is 5.88. The molecule has 0 saturated carbocycles. The first kappa shape index (κ1) is 15.3. The molecule has 0 aliphatic heterocycles. The topological polar surface area (TPSA) is 49.3 Å². The van der Waals surface area contributed by atoms with Gasteiger partial charge in [-0.05, 0) is 24.1 Å². The van der Waals surface area contributed by atoms with Crippen molar-refractivity contribution in [1.82, 2.24) is 5.32 Å². The van der Waals surface area contributed by atoms with Crippen LogP contribution in [0, 0.1) is 0 Å². The third kappa shape index (κ3) is 5.76. The average Bonchev–Trinajstić information content (AvgIpc) is 2.38. The van der Waals surface area contributed by atoms with Crippen LogP contribution in [0.25, 0.3) is 0 Å². The van der Waals surface area contributed by atoms with E-state index in [0.717, 1.165) is 22.8 Å². The van der Waals surface area contributed by atoms with Crippen LogP contribution in [0.1, 0.15) is 18.9 Å². The number of benzene rings is 1. The Balaban J connectivity index is 2.25. The molecular weight excluding hydrogens is 270 g/mol. The van der Waals surface area contributed by atoms with Gasteiger partial charge in [-0.2, -0.15) is 0 Å². The third-order valence-corrected chi connectivity index (χ3v) is 3.75. The maximum atomic E-state index is 11.6. The van der Waals surface area contributed by atoms with Gasteiger partial charge < -0.3 is 10.4 Å². The van der Waals surface area contributed by atoms with Crippen molar-refractivity contribution in [2.75, 3.05) is 12.4 Å². The number of amides is 1. The molecule has 0 aliphatic rings. The first-order chi connectivity index (χ1) is 8.65. The molecule has 0 bridgehead atoms. The maximum absolute atomic E-state index is 11.6. The minimum atomic E-state index is -0.131. The number of thioether (sulfide) groups is 1. The molecule has 0 fully saturated rings. The standard InChI is InChI=1S/C13H18ClNO2S/c1-2-12(7-16)15-13(17)9-18-8-10-3-5-11(14)6-4-10/h3-6,12,16H,2,7-9H2,1H3,(H,15,17). The Hall–Kier alpha value is -0.710. The first-order valence-corrected chi connectivity index (χ1v) is 7.41. The quantitative estimate of drug-likeness (QED) is 0.810. The fraction of sp³-hybridized carbons (Fsp3) is 0.462. The highest BCUT2D eigenvalue weighted by Crippen LogP contribution is 2.15. The van der Waals surface area contributed by atoms with E-state index in [-0.39, 0.29) is 18.6 Å². The van der Waals surface area contributed by atoms with Gasteiger partial charge in [0.15, 0.2) is 0 Å². The van der Waals surface area contributed by atoms with Crippen molar-refractivity contribution in [2.45, 2.75) is 25.1 Å². The summed E-state index contributed by atoms with van der Waals surface area (Å²) in [5.41, 5.74) is 1.14. The van der Waals surface area contributed by atoms with E-state index in [1.807, 2.05) is 31.2 Å². The predicted octanol–water partition coefficient (Wildman–Crippen LogP) is 2.46. The van der Waals surface area contributed by atoms with Gasteiger partial charge in [0, 0.05) is 10.8 Å². The molecule has 5 heteroatoms. The second-order valence-corrected chi connectivity index (χ2v) is 5.40. The smallest absolute Gasteiger partial charge is 0.230 e. The van der Waals surface area contributed by atoms with Crippen LogP contribution in [0.3, 0.4) is 0 Å². The third-order valence-electron chi connectivity index (χ3n) is 2.49. The highest BCUT2D eigenvalue weighted by molar-refractivity contribution is 7.99. The monoisotopic (exact) mass is 287 g/mol. The maximum Gasteiger partial charge on any atom is 0.230 e. The highest BCUT2D eigenvalue weighted by atomic mass is 35.5. The Bertz CT molecular complexity index is 366. The van der Waals surface area contributed by atoms with Crippen LogP contribution in [0.15, 0.2) is 24.3 Å². The van der Waals surface area contributed by atoms with Crippen LogP contribution in [0.5, 0.6) is 0 Å². The van der Waals surface area contributed by atoms with E-state index in [1.54, 1.807) is 11.8 Å². The SMILES string of the molecule is CCC(CO)NC(=O)CSCc1ccc(Cl)cc1. The zero-order valence-corrected chi connectivity index (χ0v) is 11.9. The Labute approximate surface area is 117 Å². The zero-order valence-electron chi connectivity index (χ0n) is 10.4. The number of hydrogen-bond acceptors (Lipinski definition) is 3. The molecule has 0 aliphatic carbocycles. The summed E-state index contributed by atoms with van der Waals surface area (Å²) in [6.45, 7) is 1.92. The molecule has 100 valence electrons. The van der Waals surface area contributed by atoms with Gasteiger partial charge in [0.25, 0.3) is 0 Å². The molecular formula is C13H18ClNO2S. The molecule has 0 heterocycles. The van der Waals surface area contributed by atoms with Crippen LogP contribution >= 0.6 is 23.4 Å². The van der Waals surface area contributed by atoms with Gasteiger partial charge in [0.1, 0.15) is 0 Å². The van der Waals surface area contributed by atoms with Crippen LogP contribution < -0.4 is 5.32 Å². The molecule has 2 N–H and O–H groups in total. The summed E-state index contributed by atoms with van der Waals surface area (Å²) in [7, 11) is 0. The van der Waals surface area contributed by atoms with E-state index in [1.165, 1.54) is 0 Å². The average molecular weight is 288 g/mol. The van der Waals surface area contributed by atoms with Gasteiger partial charge in [0.05, 0.1) is 18.4 Å². The molecule has 1 unspecified atom stereocenters. The van der Waals surface area contributed by atoms with Crippen LogP contribution in [0.4, 0.5) is 0 Å². The number of halogens is 1. The van der Waals surface area contributed by atoms with Crippen molar-refractivity contribution in [3.05, 3.63) is 34.9 Å². The molecule has 1 amide bonds. The molecule has 3 nitrogen and oxygen atoms in total. The Kier molecular flexibility index (Phi) is 7.16. The fourth-order valence-electron chi connectivity index (χ4n) is 1.39. The molecule has 18 heavy (non-hydrogen) atoms. The summed E-state index contributed by atoms with van der Waals surface area (Å²) in [6.07, 6.45) is 0.740. The number of nitrogens with one attached hydrogen (secondary N) is 1. The zero-order chi connectivity index (χ0) is 13.4. The van der Waals surface area contributed by atoms with E-state index in [9.17, 15) is 4.79 Å². The van der Waals surface area contributed by atoms with E-state index in [0.29, 0.717) is 5.75 Å². The van der Waals surface area contributed by atoms with Crippen molar-refractivity contribution >= 4 is 29.3 Å². The van der Waals surface area contributed by atoms with Gasteiger partial charge in [0.2, 0.25) is 5.91 Å². The van der Waals surface area contributed by atoms with Crippen molar-refractivity contribution in [2.24, 2.45) is 0 Å². The van der Waals surface area contributed by atoms with Crippen LogP contribution in [0.2, 0.25) is 5.02 Å². The van der Waals surface area contributed by atoms with E-state index in [2.05, 4.69) is 5.32 Å². The molecule has 1 atom stereocenters. The molecule has 1 aromatic rings. The second-order valence-electron chi connectivity index (χ2n) is 3.97. The van der Waals surface area contributed by atoms with Gasteiger partial charge in [-0.1, -0.05) is 30.7 Å². The van der Waals surface area contributed by atoms with Crippen LogP contribution in [-0.4, -0.2) is 29.4 Å². The van der Waals surface area contributed by atoms with Gasteiger partial charge >= 0.3 is 0 Å². The second kappa shape index (κ2) is 8.40. The normalized spacial score (nSPS) is 12.2. The Morgan fingerprint density at radius 1 is 1.44 bits per heavy atom. The van der Waals surface area contributed by atoms with Crippen LogP contribution in [-0.2, 0) is 10.5 Å². The highest BCUT2D eigenvalue weighted by Gasteiger charge is 2.08. The number of hydrogen-bond donors (Lipinski definition) is 2. The molecule has 0 radical (unpaired) electrons. The van der Waals surface area contributed by atoms with Crippen molar-refractivity contribution in [3.8, 4) is 0 Å². The van der Waals surface area contributed by atoms with Gasteiger partial charge in [-0.25, -0.2) is 0 Å². The minimum absolute atomic E-state index is 0.00983. The van der Waals surface area contributed by atoms with E-state index in [4.69, 9.17) is 16.7 Å². The summed E-state index contributed by atoms with van der Waals surface area (Å²) >= 11 is 7.34. The lowest BCUT2D eigenvalue weighted by molar-refractivity contribution is -0.119. The fourth-order valence-corrected chi connectivity index (χ4v) is 2.31. The van der Waals surface area contributed by atoms with Crippen molar-refractivity contribution < 1.29 is 9.90 Å². The van der Waals surface area contributed by atoms with E-state index >= 15 is 0 Å². The summed E-state index contributed by atoms with van der Waals surface area (Å²) < 4.78 is 0. The lowest BCUT2D eigenvalue weighted by Crippen LogP contribution is -2.37. The number of rotatable bonds is 7. The molecule has 0 saturated heterocycles. The van der Waals surface area contributed by atoms with Gasteiger partial charge in [-0.15, -0.1) is 11.8 Å². The summed E-state index contributed by atoms with van der Waals surface area (Å²) in [5, 5.41) is 12.5. The van der Waals surface area contributed by atoms with E-state index < -0.39 is 0 Å². The Morgan fingerprint density at radius 2 is 2.11 bits per heavy atom. The summed E-state index contributed by atoms with van der Waals surface area (Å²) in [6, 6.07) is 7.46. The number of aliphatic hydroxyl groups excluding tert-OH is 1. The Morgan fingerprint density at radius 3 is 2.67 bits per heavy atom. The molecule has 1 aromatic carbocycles. The molecule has 0 aromatic heterocycles. The number of carbonyl (C=O) groups excluding carboxylic acids is 1. The predicted molar refractivity (Wildman–Crippen MR) is 76.9 cm³/mol. The molecule has 0 spiro atoms. The lowest BCUT2D eigenvalue weighted by Gasteiger charge is -2.13.